The van der Waals surface area contributed by atoms with Crippen LogP contribution in [0.25, 0.3) is 5.69 Å². The van der Waals surface area contributed by atoms with Crippen LogP contribution >= 0.6 is 0 Å². The maximum atomic E-state index is 13.7. The first-order valence-corrected chi connectivity index (χ1v) is 9.95. The number of nitrogens with one attached hydrogen (secondary N) is 1. The average molecular weight is 414 g/mol. The summed E-state index contributed by atoms with van der Waals surface area (Å²) >= 11 is 0. The molecule has 1 aromatic heterocycles. The van der Waals surface area contributed by atoms with Crippen LogP contribution in [-0.2, 0) is 6.42 Å². The van der Waals surface area contributed by atoms with Crippen molar-refractivity contribution >= 4 is 17.4 Å². The number of primary amides is 1. The lowest BCUT2D eigenvalue weighted by Crippen LogP contribution is -2.28. The zero-order valence-corrected chi connectivity index (χ0v) is 16.9. The second-order valence-electron chi connectivity index (χ2n) is 8.74. The van der Waals surface area contributed by atoms with Gasteiger partial charge in [0.15, 0.2) is 5.78 Å². The second kappa shape index (κ2) is 7.34. The van der Waals surface area contributed by atoms with Gasteiger partial charge in [0.2, 0.25) is 0 Å². The van der Waals surface area contributed by atoms with Crippen molar-refractivity contribution in [2.75, 3.05) is 5.32 Å². The molecule has 1 aromatic carbocycles. The number of amides is 1. The van der Waals surface area contributed by atoms with Gasteiger partial charge >= 0.3 is 0 Å². The van der Waals surface area contributed by atoms with E-state index in [0.717, 1.165) is 12.8 Å². The fraction of sp³-hybridized carbons (Fsp3) is 0.409. The summed E-state index contributed by atoms with van der Waals surface area (Å²) in [6.07, 6.45) is 3.54. The van der Waals surface area contributed by atoms with Crippen molar-refractivity contribution in [2.45, 2.75) is 52.0 Å². The topological polar surface area (TPSA) is 90.0 Å². The first kappa shape index (κ1) is 20.3. The molecule has 1 amide bonds. The number of halogens is 2. The summed E-state index contributed by atoms with van der Waals surface area (Å²) in [5, 5.41) is 7.43. The lowest BCUT2D eigenvalue weighted by molar-refractivity contribution is 0.0896. The highest BCUT2D eigenvalue weighted by Gasteiger charge is 2.38. The molecular formula is C22H24F2N4O2. The minimum absolute atomic E-state index is 0.0257. The van der Waals surface area contributed by atoms with Gasteiger partial charge in [-0.3, -0.25) is 9.59 Å². The molecule has 3 N–H and O–H groups in total. The van der Waals surface area contributed by atoms with E-state index in [2.05, 4.69) is 22.6 Å². The van der Waals surface area contributed by atoms with Crippen molar-refractivity contribution in [3.8, 4) is 5.69 Å². The van der Waals surface area contributed by atoms with E-state index in [9.17, 15) is 18.4 Å². The quantitative estimate of drug-likeness (QED) is 0.718. The van der Waals surface area contributed by atoms with E-state index in [1.165, 1.54) is 4.68 Å². The number of rotatable bonds is 5. The number of benzene rings is 1. The van der Waals surface area contributed by atoms with E-state index in [-0.39, 0.29) is 29.2 Å². The number of ketones is 1. The van der Waals surface area contributed by atoms with Crippen molar-refractivity contribution in [2.24, 2.45) is 11.1 Å². The average Bonchev–Trinajstić information content (AvgIpc) is 3.28. The van der Waals surface area contributed by atoms with E-state index < -0.39 is 18.0 Å². The zero-order valence-electron chi connectivity index (χ0n) is 16.9. The number of carbonyl (C=O) groups is 2. The molecule has 8 heteroatoms. The van der Waals surface area contributed by atoms with Crippen molar-refractivity contribution in [3.05, 3.63) is 52.9 Å². The molecule has 0 fully saturated rings. The van der Waals surface area contributed by atoms with Gasteiger partial charge in [-0.25, -0.2) is 13.5 Å². The predicted octanol–water partition coefficient (Wildman–Crippen LogP) is 4.19. The standard InChI is InChI=1S/C22H24F2N4O2/c1-22(2)10-16-18(17(29)11-22)19(20(23)24)27-28(16)13-7-8-14(21(25)30)15(9-13)26-12-5-3-4-6-12/h3-4,7-9,12,20,26H,5-6,10-11H2,1-2H3,(H2,25,30). The number of nitrogens with two attached hydrogens (primary N) is 1. The summed E-state index contributed by atoms with van der Waals surface area (Å²) in [5.41, 5.74) is 6.53. The van der Waals surface area contributed by atoms with Gasteiger partial charge in [-0.15, -0.1) is 0 Å². The zero-order chi connectivity index (χ0) is 21.6. The third-order valence-corrected chi connectivity index (χ3v) is 5.66. The summed E-state index contributed by atoms with van der Waals surface area (Å²) in [5.74, 6) is -0.894. The highest BCUT2D eigenvalue weighted by Crippen LogP contribution is 2.39. The lowest BCUT2D eigenvalue weighted by atomic mass is 9.75. The molecule has 30 heavy (non-hydrogen) atoms. The summed E-state index contributed by atoms with van der Waals surface area (Å²) < 4.78 is 28.7. The molecule has 2 aliphatic carbocycles. The Balaban J connectivity index is 1.83. The van der Waals surface area contributed by atoms with Crippen LogP contribution in [0.1, 0.15) is 71.6 Å². The summed E-state index contributed by atoms with van der Waals surface area (Å²) in [4.78, 5) is 24.5. The van der Waals surface area contributed by atoms with Crippen LogP contribution in [-0.4, -0.2) is 27.5 Å². The van der Waals surface area contributed by atoms with Crippen molar-refractivity contribution in [1.82, 2.24) is 9.78 Å². The normalized spacial score (nSPS) is 18.1. The third-order valence-electron chi connectivity index (χ3n) is 5.66. The Kier molecular flexibility index (Phi) is 4.95. The number of fused-ring (bicyclic) bond motifs is 1. The van der Waals surface area contributed by atoms with Gasteiger partial charge in [-0.2, -0.15) is 5.10 Å². The number of aromatic nitrogens is 2. The van der Waals surface area contributed by atoms with Crippen molar-refractivity contribution in [3.63, 3.8) is 0 Å². The van der Waals surface area contributed by atoms with E-state index in [1.807, 2.05) is 13.8 Å². The Morgan fingerprint density at radius 2 is 1.97 bits per heavy atom. The third kappa shape index (κ3) is 3.62. The molecule has 0 aliphatic heterocycles. The van der Waals surface area contributed by atoms with E-state index in [1.54, 1.807) is 18.2 Å². The number of hydrogen-bond donors (Lipinski definition) is 2. The molecule has 0 radical (unpaired) electrons. The van der Waals surface area contributed by atoms with Gasteiger partial charge in [-0.05, 0) is 42.9 Å². The molecule has 0 unspecified atom stereocenters. The molecule has 0 bridgehead atoms. The Morgan fingerprint density at radius 3 is 2.60 bits per heavy atom. The van der Waals surface area contributed by atoms with Crippen molar-refractivity contribution in [1.29, 1.82) is 0 Å². The number of hydrogen-bond acceptors (Lipinski definition) is 4. The molecule has 0 atom stereocenters. The second-order valence-corrected chi connectivity index (χ2v) is 8.74. The Hall–Kier alpha value is -3.03. The Morgan fingerprint density at radius 1 is 1.27 bits per heavy atom. The van der Waals surface area contributed by atoms with E-state index >= 15 is 0 Å². The molecule has 1 heterocycles. The minimum Gasteiger partial charge on any atom is -0.381 e. The molecular weight excluding hydrogens is 390 g/mol. The molecule has 6 nitrogen and oxygen atoms in total. The Labute approximate surface area is 173 Å². The Bertz CT molecular complexity index is 1050. The SMILES string of the molecule is CC1(C)CC(=O)c2c(C(F)F)nn(-c3ccc(C(N)=O)c(NC4CC=CC4)c3)c2C1. The number of carbonyl (C=O) groups excluding carboxylic acids is 2. The number of anilines is 1. The fourth-order valence-corrected chi connectivity index (χ4v) is 4.30. The smallest absolute Gasteiger partial charge is 0.282 e. The monoisotopic (exact) mass is 414 g/mol. The highest BCUT2D eigenvalue weighted by molar-refractivity contribution is 6.00. The van der Waals surface area contributed by atoms with Crippen molar-refractivity contribution < 1.29 is 18.4 Å². The first-order chi connectivity index (χ1) is 14.2. The largest absolute Gasteiger partial charge is 0.381 e. The van der Waals surface area contributed by atoms with Gasteiger partial charge < -0.3 is 11.1 Å². The van der Waals surface area contributed by atoms with Gasteiger partial charge in [-0.1, -0.05) is 26.0 Å². The van der Waals surface area contributed by atoms with Crippen LogP contribution in [0.2, 0.25) is 0 Å². The maximum absolute atomic E-state index is 13.7. The molecule has 0 saturated heterocycles. The molecule has 0 spiro atoms. The van der Waals surface area contributed by atoms with Gasteiger partial charge in [0.05, 0.1) is 22.5 Å². The van der Waals surface area contributed by atoms with Gasteiger partial charge in [0.25, 0.3) is 12.3 Å². The van der Waals surface area contributed by atoms with Crippen LogP contribution in [0.15, 0.2) is 30.4 Å². The van der Waals surface area contributed by atoms with Crippen LogP contribution in [0, 0.1) is 5.41 Å². The summed E-state index contributed by atoms with van der Waals surface area (Å²) in [7, 11) is 0. The molecule has 158 valence electrons. The molecule has 2 aromatic rings. The number of Topliss-reactive ketones (excluding diaryl/α,β-unsaturated/α-hetero) is 1. The summed E-state index contributed by atoms with van der Waals surface area (Å²) in [6.45, 7) is 3.87. The molecule has 4 rings (SSSR count). The van der Waals surface area contributed by atoms with Gasteiger partial charge in [0, 0.05) is 18.2 Å². The predicted molar refractivity (Wildman–Crippen MR) is 109 cm³/mol. The highest BCUT2D eigenvalue weighted by atomic mass is 19.3. The van der Waals surface area contributed by atoms with Crippen LogP contribution < -0.4 is 11.1 Å². The fourth-order valence-electron chi connectivity index (χ4n) is 4.30. The number of nitrogens with zero attached hydrogens (tertiary/aromatic N) is 2. The maximum Gasteiger partial charge on any atom is 0.282 e. The van der Waals surface area contributed by atoms with E-state index in [4.69, 9.17) is 5.73 Å². The minimum atomic E-state index is -2.85. The van der Waals surface area contributed by atoms with Gasteiger partial charge in [0.1, 0.15) is 5.69 Å². The van der Waals surface area contributed by atoms with Crippen LogP contribution in [0.3, 0.4) is 0 Å². The van der Waals surface area contributed by atoms with Crippen LogP contribution in [0.5, 0.6) is 0 Å². The first-order valence-electron chi connectivity index (χ1n) is 9.95. The van der Waals surface area contributed by atoms with E-state index in [0.29, 0.717) is 29.1 Å². The summed E-state index contributed by atoms with van der Waals surface area (Å²) in [6, 6.07) is 5.00. The number of alkyl halides is 2. The lowest BCUT2D eigenvalue weighted by Gasteiger charge is -2.29. The molecule has 0 saturated carbocycles. The van der Waals surface area contributed by atoms with Crippen LogP contribution in [0.4, 0.5) is 14.5 Å². The molecule has 2 aliphatic rings.